The van der Waals surface area contributed by atoms with Crippen molar-refractivity contribution in [1.82, 2.24) is 4.98 Å². The summed E-state index contributed by atoms with van der Waals surface area (Å²) in [6.07, 6.45) is 5.05. The van der Waals surface area contributed by atoms with Gasteiger partial charge in [0.25, 0.3) is 0 Å². The van der Waals surface area contributed by atoms with Crippen LogP contribution in [-0.2, 0) is 0 Å². The van der Waals surface area contributed by atoms with Gasteiger partial charge in [0.15, 0.2) is 5.75 Å². The normalized spacial score (nSPS) is 9.18. The first kappa shape index (κ1) is 8.27. The van der Waals surface area contributed by atoms with Crippen molar-refractivity contribution in [3.05, 3.63) is 35.6 Å². The summed E-state index contributed by atoms with van der Waals surface area (Å²) in [6.45, 7) is 4.05. The van der Waals surface area contributed by atoms with Gasteiger partial charge in [-0.25, -0.2) is 0 Å². The Kier molecular flexibility index (Phi) is 3.11. The van der Waals surface area contributed by atoms with Gasteiger partial charge in [0.2, 0.25) is 0 Å². The van der Waals surface area contributed by atoms with E-state index in [1.54, 1.807) is 18.5 Å². The molecule has 0 saturated heterocycles. The molecule has 0 aliphatic rings. The van der Waals surface area contributed by atoms with E-state index < -0.39 is 0 Å². The zero-order valence-corrected chi connectivity index (χ0v) is 7.54. The molecule has 11 heavy (non-hydrogen) atoms. The number of pyridine rings is 1. The lowest BCUT2D eigenvalue weighted by Gasteiger charge is -2.02. The number of hydrogen-bond donors (Lipinski definition) is 0. The number of aromatic nitrogens is 1. The molecule has 0 amide bonds. The number of ether oxygens (including phenoxy) is 1. The third-order valence-electron chi connectivity index (χ3n) is 1.09. The summed E-state index contributed by atoms with van der Waals surface area (Å²) in [7, 11) is 0. The maximum Gasteiger partial charge on any atom is 0.152 e. The third-order valence-corrected chi connectivity index (χ3v) is 1.75. The minimum absolute atomic E-state index is 0.504. The predicted octanol–water partition coefficient (Wildman–Crippen LogP) is 2.41. The van der Waals surface area contributed by atoms with Gasteiger partial charge in [-0.3, -0.25) is 4.98 Å². The molecule has 0 spiro atoms. The molecule has 1 rings (SSSR count). The topological polar surface area (TPSA) is 22.1 Å². The largest absolute Gasteiger partial charge is 0.487 e. The zero-order valence-electron chi connectivity index (χ0n) is 5.96. The first-order valence-corrected chi connectivity index (χ1v) is 3.97. The average molecular weight is 214 g/mol. The molecule has 0 radical (unpaired) electrons. The summed E-state index contributed by atoms with van der Waals surface area (Å²) < 4.78 is 6.17. The van der Waals surface area contributed by atoms with Crippen LogP contribution in [0.5, 0.6) is 5.75 Å². The van der Waals surface area contributed by atoms with Crippen LogP contribution >= 0.6 is 15.9 Å². The Morgan fingerprint density at radius 2 is 2.55 bits per heavy atom. The van der Waals surface area contributed by atoms with Gasteiger partial charge in [-0.1, -0.05) is 12.7 Å². The van der Waals surface area contributed by atoms with Crippen LogP contribution in [0.2, 0.25) is 0 Å². The smallest absolute Gasteiger partial charge is 0.152 e. The molecule has 0 saturated carbocycles. The molecule has 3 heteroatoms. The predicted molar refractivity (Wildman–Crippen MR) is 47.6 cm³/mol. The van der Waals surface area contributed by atoms with E-state index in [4.69, 9.17) is 4.74 Å². The first-order valence-electron chi connectivity index (χ1n) is 3.18. The van der Waals surface area contributed by atoms with E-state index in [2.05, 4.69) is 27.5 Å². The highest BCUT2D eigenvalue weighted by atomic mass is 79.9. The summed E-state index contributed by atoms with van der Waals surface area (Å²) in [5.74, 6) is 0.743. The van der Waals surface area contributed by atoms with Gasteiger partial charge >= 0.3 is 0 Å². The Morgan fingerprint density at radius 3 is 3.18 bits per heavy atom. The molecule has 58 valence electrons. The highest BCUT2D eigenvalue weighted by Gasteiger charge is 1.96. The standard InChI is InChI=1S/C8H8BrNO/c1-2-5-11-8-6-10-4-3-7(8)9/h2-4,6H,1,5H2. The molecular weight excluding hydrogens is 206 g/mol. The quantitative estimate of drug-likeness (QED) is 0.720. The Morgan fingerprint density at radius 1 is 1.73 bits per heavy atom. The van der Waals surface area contributed by atoms with Crippen LogP contribution in [0.4, 0.5) is 0 Å². The molecule has 1 heterocycles. The summed E-state index contributed by atoms with van der Waals surface area (Å²) in [5.41, 5.74) is 0. The summed E-state index contributed by atoms with van der Waals surface area (Å²) >= 11 is 3.33. The summed E-state index contributed by atoms with van der Waals surface area (Å²) in [5, 5.41) is 0. The van der Waals surface area contributed by atoms with Crippen LogP contribution < -0.4 is 4.74 Å². The van der Waals surface area contributed by atoms with Gasteiger partial charge in [-0.15, -0.1) is 0 Å². The van der Waals surface area contributed by atoms with Crippen molar-refractivity contribution in [3.63, 3.8) is 0 Å². The molecule has 1 aromatic rings. The van der Waals surface area contributed by atoms with Gasteiger partial charge in [-0.2, -0.15) is 0 Å². The van der Waals surface area contributed by atoms with Gasteiger partial charge in [0, 0.05) is 6.20 Å². The maximum absolute atomic E-state index is 5.26. The minimum atomic E-state index is 0.504. The second kappa shape index (κ2) is 4.13. The van der Waals surface area contributed by atoms with E-state index in [1.165, 1.54) is 0 Å². The van der Waals surface area contributed by atoms with E-state index in [-0.39, 0.29) is 0 Å². The van der Waals surface area contributed by atoms with Crippen LogP contribution in [0.1, 0.15) is 0 Å². The molecule has 0 aliphatic heterocycles. The molecule has 0 bridgehead atoms. The second-order valence-corrected chi connectivity index (χ2v) is 2.76. The zero-order chi connectivity index (χ0) is 8.10. The van der Waals surface area contributed by atoms with Gasteiger partial charge < -0.3 is 4.74 Å². The fraction of sp³-hybridized carbons (Fsp3) is 0.125. The van der Waals surface area contributed by atoms with Crippen LogP contribution in [0.25, 0.3) is 0 Å². The van der Waals surface area contributed by atoms with E-state index >= 15 is 0 Å². The van der Waals surface area contributed by atoms with E-state index in [0.717, 1.165) is 10.2 Å². The highest BCUT2D eigenvalue weighted by molar-refractivity contribution is 9.10. The van der Waals surface area contributed by atoms with Crippen molar-refractivity contribution < 1.29 is 4.74 Å². The van der Waals surface area contributed by atoms with Crippen molar-refractivity contribution >= 4 is 15.9 Å². The van der Waals surface area contributed by atoms with Gasteiger partial charge in [0.05, 0.1) is 10.7 Å². The van der Waals surface area contributed by atoms with Crippen LogP contribution in [-0.4, -0.2) is 11.6 Å². The van der Waals surface area contributed by atoms with Crippen LogP contribution in [0.15, 0.2) is 35.6 Å². The number of nitrogens with zero attached hydrogens (tertiary/aromatic N) is 1. The highest BCUT2D eigenvalue weighted by Crippen LogP contribution is 2.22. The summed E-state index contributed by atoms with van der Waals surface area (Å²) in [6, 6.07) is 1.83. The Hall–Kier alpha value is -0.830. The van der Waals surface area contributed by atoms with Crippen LogP contribution in [0, 0.1) is 0 Å². The maximum atomic E-state index is 5.26. The number of hydrogen-bond acceptors (Lipinski definition) is 2. The lowest BCUT2D eigenvalue weighted by molar-refractivity contribution is 0.359. The first-order chi connectivity index (χ1) is 5.34. The van der Waals surface area contributed by atoms with Crippen molar-refractivity contribution in [1.29, 1.82) is 0 Å². The Labute approximate surface area is 74.0 Å². The van der Waals surface area contributed by atoms with Gasteiger partial charge in [-0.05, 0) is 22.0 Å². The molecule has 0 N–H and O–H groups in total. The summed E-state index contributed by atoms with van der Waals surface area (Å²) in [4.78, 5) is 3.91. The van der Waals surface area contributed by atoms with Crippen LogP contribution in [0.3, 0.4) is 0 Å². The van der Waals surface area contributed by atoms with Gasteiger partial charge in [0.1, 0.15) is 6.61 Å². The molecule has 2 nitrogen and oxygen atoms in total. The van der Waals surface area contributed by atoms with E-state index in [1.807, 2.05) is 6.07 Å². The number of rotatable bonds is 3. The molecule has 0 fully saturated rings. The fourth-order valence-corrected chi connectivity index (χ4v) is 0.953. The Bertz CT molecular complexity index is 250. The molecule has 0 aromatic carbocycles. The molecule has 0 unspecified atom stereocenters. The molecule has 1 aromatic heterocycles. The number of halogens is 1. The SMILES string of the molecule is C=CCOc1cnccc1Br. The van der Waals surface area contributed by atoms with Crippen molar-refractivity contribution in [2.45, 2.75) is 0 Å². The van der Waals surface area contributed by atoms with Crippen molar-refractivity contribution in [3.8, 4) is 5.75 Å². The Balaban J connectivity index is 2.69. The van der Waals surface area contributed by atoms with E-state index in [9.17, 15) is 0 Å². The fourth-order valence-electron chi connectivity index (χ4n) is 0.618. The minimum Gasteiger partial charge on any atom is -0.487 e. The second-order valence-electron chi connectivity index (χ2n) is 1.91. The third kappa shape index (κ3) is 2.35. The monoisotopic (exact) mass is 213 g/mol. The lowest BCUT2D eigenvalue weighted by Crippen LogP contribution is -1.93. The molecule has 0 atom stereocenters. The van der Waals surface area contributed by atoms with Crippen molar-refractivity contribution in [2.24, 2.45) is 0 Å². The van der Waals surface area contributed by atoms with Crippen molar-refractivity contribution in [2.75, 3.05) is 6.61 Å². The van der Waals surface area contributed by atoms with E-state index in [0.29, 0.717) is 6.61 Å². The molecule has 0 aliphatic carbocycles. The average Bonchev–Trinajstić information content (AvgIpc) is 2.03. The molecular formula is C8H8BrNO. The lowest BCUT2D eigenvalue weighted by atomic mass is 10.5.